The van der Waals surface area contributed by atoms with Crippen LogP contribution in [0.3, 0.4) is 0 Å². The molecule has 0 spiro atoms. The quantitative estimate of drug-likeness (QED) is 0.482. The van der Waals surface area contributed by atoms with E-state index in [-0.39, 0.29) is 5.41 Å². The highest BCUT2D eigenvalue weighted by Gasteiger charge is 2.12. The van der Waals surface area contributed by atoms with Crippen molar-refractivity contribution in [3.63, 3.8) is 0 Å². The van der Waals surface area contributed by atoms with Crippen molar-refractivity contribution in [3.8, 4) is 0 Å². The van der Waals surface area contributed by atoms with E-state index in [4.69, 9.17) is 9.84 Å². The Morgan fingerprint density at radius 1 is 1.14 bits per heavy atom. The van der Waals surface area contributed by atoms with Gasteiger partial charge in [0, 0.05) is 6.61 Å². The predicted octanol–water partition coefficient (Wildman–Crippen LogP) is 3.12. The van der Waals surface area contributed by atoms with E-state index in [1.165, 1.54) is 19.3 Å². The summed E-state index contributed by atoms with van der Waals surface area (Å²) >= 11 is 0. The third kappa shape index (κ3) is 8.11. The minimum absolute atomic E-state index is 0.231. The number of unbranched alkanes of at least 4 members (excludes halogenated alkanes) is 3. The Balaban J connectivity index is 3.50. The van der Waals surface area contributed by atoms with Crippen LogP contribution in [0.25, 0.3) is 0 Å². The van der Waals surface area contributed by atoms with E-state index in [1.807, 2.05) is 0 Å². The fourth-order valence-electron chi connectivity index (χ4n) is 1.38. The average Bonchev–Trinajstić information content (AvgIpc) is 2.15. The van der Waals surface area contributed by atoms with Crippen LogP contribution in [0.2, 0.25) is 0 Å². The first kappa shape index (κ1) is 13.5. The number of ether oxygens (including phenoxy) is 1. The van der Waals surface area contributed by atoms with Gasteiger partial charge < -0.3 is 9.84 Å². The minimum Gasteiger partial charge on any atom is -0.505 e. The fraction of sp³-hybridized carbons (Fsp3) is 0.833. The molecule has 14 heavy (non-hydrogen) atoms. The van der Waals surface area contributed by atoms with Crippen molar-refractivity contribution in [1.82, 2.24) is 0 Å². The molecule has 0 amide bonds. The van der Waals surface area contributed by atoms with E-state index in [0.29, 0.717) is 6.61 Å². The summed E-state index contributed by atoms with van der Waals surface area (Å²) in [4.78, 5) is 0. The van der Waals surface area contributed by atoms with Gasteiger partial charge in [0.05, 0.1) is 13.4 Å². The van der Waals surface area contributed by atoms with Crippen molar-refractivity contribution in [2.24, 2.45) is 5.41 Å². The molecule has 0 saturated carbocycles. The Kier molecular flexibility index (Phi) is 7.58. The van der Waals surface area contributed by atoms with Crippen molar-refractivity contribution in [2.75, 3.05) is 13.7 Å². The molecule has 0 saturated heterocycles. The van der Waals surface area contributed by atoms with E-state index in [0.717, 1.165) is 12.8 Å². The van der Waals surface area contributed by atoms with Crippen LogP contribution in [0.5, 0.6) is 0 Å². The standard InChI is InChI=1S/C12H24O2/c1-12(2,9-11-14-3)8-6-4-5-7-10-13/h9,11,13H,4-8,10H2,1-3H3/b11-9+. The van der Waals surface area contributed by atoms with Crippen LogP contribution in [0.1, 0.15) is 46.0 Å². The molecule has 2 heteroatoms. The Hall–Kier alpha value is -0.500. The maximum atomic E-state index is 8.61. The summed E-state index contributed by atoms with van der Waals surface area (Å²) in [6.45, 7) is 4.76. The largest absolute Gasteiger partial charge is 0.505 e. The Bertz CT molecular complexity index is 150. The molecule has 84 valence electrons. The maximum absolute atomic E-state index is 8.61. The summed E-state index contributed by atoms with van der Waals surface area (Å²) in [7, 11) is 1.67. The molecule has 0 aliphatic carbocycles. The van der Waals surface area contributed by atoms with Crippen molar-refractivity contribution in [1.29, 1.82) is 0 Å². The monoisotopic (exact) mass is 200 g/mol. The number of rotatable bonds is 8. The summed E-state index contributed by atoms with van der Waals surface area (Å²) in [6.07, 6.45) is 9.56. The summed E-state index contributed by atoms with van der Waals surface area (Å²) in [5, 5.41) is 8.61. The van der Waals surface area contributed by atoms with Gasteiger partial charge in [-0.3, -0.25) is 0 Å². The van der Waals surface area contributed by atoms with Crippen LogP contribution in [0.4, 0.5) is 0 Å². The van der Waals surface area contributed by atoms with Gasteiger partial charge in [-0.05, 0) is 24.3 Å². The number of allylic oxidation sites excluding steroid dienone is 1. The number of hydrogen-bond acceptors (Lipinski definition) is 2. The second-order valence-corrected chi connectivity index (χ2v) is 4.41. The molecule has 0 radical (unpaired) electrons. The second kappa shape index (κ2) is 7.86. The molecule has 0 aromatic rings. The second-order valence-electron chi connectivity index (χ2n) is 4.41. The third-order valence-corrected chi connectivity index (χ3v) is 2.38. The highest BCUT2D eigenvalue weighted by molar-refractivity contribution is 4.90. The van der Waals surface area contributed by atoms with E-state index >= 15 is 0 Å². The molecule has 0 aliphatic heterocycles. The van der Waals surface area contributed by atoms with Crippen LogP contribution in [0, 0.1) is 5.41 Å². The van der Waals surface area contributed by atoms with Crippen molar-refractivity contribution < 1.29 is 9.84 Å². The lowest BCUT2D eigenvalue weighted by Gasteiger charge is -2.19. The minimum atomic E-state index is 0.231. The number of methoxy groups -OCH3 is 1. The molecule has 0 rings (SSSR count). The molecule has 0 fully saturated rings. The van der Waals surface area contributed by atoms with Crippen LogP contribution in [0.15, 0.2) is 12.3 Å². The molecule has 0 aromatic heterocycles. The van der Waals surface area contributed by atoms with Gasteiger partial charge in [0.15, 0.2) is 0 Å². The zero-order chi connectivity index (χ0) is 10.9. The van der Waals surface area contributed by atoms with Gasteiger partial charge in [-0.25, -0.2) is 0 Å². The topological polar surface area (TPSA) is 29.5 Å². The smallest absolute Gasteiger partial charge is 0.0790 e. The summed E-state index contributed by atoms with van der Waals surface area (Å²) in [5.74, 6) is 0. The molecule has 0 aromatic carbocycles. The maximum Gasteiger partial charge on any atom is 0.0790 e. The van der Waals surface area contributed by atoms with Crippen molar-refractivity contribution in [3.05, 3.63) is 12.3 Å². The summed E-state index contributed by atoms with van der Waals surface area (Å²) < 4.78 is 4.91. The van der Waals surface area contributed by atoms with Gasteiger partial charge in [0.25, 0.3) is 0 Å². The Morgan fingerprint density at radius 2 is 1.79 bits per heavy atom. The van der Waals surface area contributed by atoms with E-state index in [1.54, 1.807) is 13.4 Å². The lowest BCUT2D eigenvalue weighted by atomic mass is 9.87. The molecule has 0 aliphatic rings. The number of aliphatic hydroxyl groups is 1. The molecular formula is C12H24O2. The molecule has 1 N–H and O–H groups in total. The summed E-state index contributed by atoms with van der Waals surface area (Å²) in [6, 6.07) is 0. The Labute approximate surface area is 88.0 Å². The molecular weight excluding hydrogens is 176 g/mol. The lowest BCUT2D eigenvalue weighted by molar-refractivity contribution is 0.280. The Morgan fingerprint density at radius 3 is 2.36 bits per heavy atom. The van der Waals surface area contributed by atoms with Gasteiger partial charge in [-0.1, -0.05) is 33.1 Å². The first-order valence-electron chi connectivity index (χ1n) is 5.44. The first-order valence-corrected chi connectivity index (χ1v) is 5.44. The third-order valence-electron chi connectivity index (χ3n) is 2.38. The average molecular weight is 200 g/mol. The van der Waals surface area contributed by atoms with Crippen LogP contribution in [-0.2, 0) is 4.74 Å². The van der Waals surface area contributed by atoms with Crippen LogP contribution >= 0.6 is 0 Å². The van der Waals surface area contributed by atoms with Crippen molar-refractivity contribution >= 4 is 0 Å². The van der Waals surface area contributed by atoms with Gasteiger partial charge in [0.2, 0.25) is 0 Å². The van der Waals surface area contributed by atoms with Gasteiger partial charge in [-0.15, -0.1) is 0 Å². The summed E-state index contributed by atoms with van der Waals surface area (Å²) in [5.41, 5.74) is 0.231. The lowest BCUT2D eigenvalue weighted by Crippen LogP contribution is -2.07. The number of hydrogen-bond donors (Lipinski definition) is 1. The highest BCUT2D eigenvalue weighted by Crippen LogP contribution is 2.25. The fourth-order valence-corrected chi connectivity index (χ4v) is 1.38. The highest BCUT2D eigenvalue weighted by atomic mass is 16.5. The molecule has 0 atom stereocenters. The first-order chi connectivity index (χ1) is 6.62. The zero-order valence-corrected chi connectivity index (χ0v) is 9.75. The van der Waals surface area contributed by atoms with Gasteiger partial charge >= 0.3 is 0 Å². The molecule has 2 nitrogen and oxygen atoms in total. The zero-order valence-electron chi connectivity index (χ0n) is 9.75. The van der Waals surface area contributed by atoms with E-state index < -0.39 is 0 Å². The van der Waals surface area contributed by atoms with Crippen molar-refractivity contribution in [2.45, 2.75) is 46.0 Å². The molecule has 0 heterocycles. The SMILES string of the molecule is CO/C=C/C(C)(C)CCCCCCO. The normalized spacial score (nSPS) is 12.3. The van der Waals surface area contributed by atoms with Gasteiger partial charge in [-0.2, -0.15) is 0 Å². The van der Waals surface area contributed by atoms with Gasteiger partial charge in [0.1, 0.15) is 0 Å². The molecule has 0 unspecified atom stereocenters. The van der Waals surface area contributed by atoms with E-state index in [9.17, 15) is 0 Å². The molecule has 0 bridgehead atoms. The number of aliphatic hydroxyl groups excluding tert-OH is 1. The van der Waals surface area contributed by atoms with E-state index in [2.05, 4.69) is 19.9 Å². The predicted molar refractivity (Wildman–Crippen MR) is 60.1 cm³/mol. The van der Waals surface area contributed by atoms with Crippen LogP contribution in [-0.4, -0.2) is 18.8 Å². The van der Waals surface area contributed by atoms with Crippen LogP contribution < -0.4 is 0 Å².